The number of aromatic nitrogens is 12. The molecule has 4 fully saturated rings. The van der Waals surface area contributed by atoms with E-state index in [1.165, 1.54) is 50.9 Å². The predicted molar refractivity (Wildman–Crippen MR) is 601 cm³/mol. The molecule has 28 heteroatoms. The third-order valence-corrected chi connectivity index (χ3v) is 32.1. The van der Waals surface area contributed by atoms with Crippen molar-refractivity contribution in [2.75, 3.05) is 25.6 Å². The number of carbonyl (C=O) groups is 1. The van der Waals surface area contributed by atoms with Crippen molar-refractivity contribution in [1.82, 2.24) is 59.5 Å². The van der Waals surface area contributed by atoms with Crippen LogP contribution in [-0.2, 0) is 56.0 Å². The van der Waals surface area contributed by atoms with Crippen LogP contribution >= 0.6 is 61.3 Å². The predicted octanol–water partition coefficient (Wildman–Crippen LogP) is 30.3. The first-order chi connectivity index (χ1) is 68.6. The number of carbonyl (C=O) groups excluding carboxylic acids is 1. The van der Waals surface area contributed by atoms with Gasteiger partial charge in [-0.3, -0.25) is 9.89 Å². The second-order valence-electron chi connectivity index (χ2n) is 45.1. The Kier molecular flexibility index (Phi) is 31.7. The summed E-state index contributed by atoms with van der Waals surface area (Å²) in [5.41, 5.74) is 29.8. The number of ether oxygens (including phenoxy) is 3. The zero-order valence-electron chi connectivity index (χ0n) is 87.8. The number of H-pyrrole nitrogens is 1. The number of hydrogen-bond acceptors (Lipinski definition) is 22. The smallest absolute Gasteiger partial charge is 0.507 e. The van der Waals surface area contributed by atoms with Crippen LogP contribution in [0.3, 0.4) is 0 Å². The minimum absolute atomic E-state index is 0.00145. The van der Waals surface area contributed by atoms with Gasteiger partial charge in [0.15, 0.2) is 18.7 Å². The van der Waals surface area contributed by atoms with Crippen molar-refractivity contribution in [1.29, 1.82) is 0 Å². The number of para-hydroxylation sites is 3. The Morgan fingerprint density at radius 1 is 0.414 bits per heavy atom. The highest BCUT2D eigenvalue weighted by atomic mass is 79.9. The van der Waals surface area contributed by atoms with E-state index < -0.39 is 0 Å². The molecule has 6 N–H and O–H groups in total. The molecule has 4 saturated heterocycles. The van der Waals surface area contributed by atoms with Gasteiger partial charge in [0.1, 0.15) is 43.5 Å². The fourth-order valence-corrected chi connectivity index (χ4v) is 22.8. The molecule has 758 valence electrons. The topological polar surface area (TPSA) is 284 Å². The minimum atomic E-state index is -0.381. The van der Waals surface area contributed by atoms with E-state index in [0.29, 0.717) is 5.56 Å². The van der Waals surface area contributed by atoms with Crippen LogP contribution in [0.15, 0.2) is 211 Å². The van der Waals surface area contributed by atoms with E-state index in [4.69, 9.17) is 44.2 Å². The van der Waals surface area contributed by atoms with Gasteiger partial charge in [-0.05, 0) is 289 Å². The second kappa shape index (κ2) is 43.2. The Hall–Kier alpha value is -11.4. The number of phenols is 3. The summed E-state index contributed by atoms with van der Waals surface area (Å²) in [5.74, 6) is 0.629. The molecule has 0 radical (unpaired) electrons. The lowest BCUT2D eigenvalue weighted by molar-refractivity contribution is -0.0384. The molecule has 12 heterocycles. The van der Waals surface area contributed by atoms with Gasteiger partial charge in [0, 0.05) is 88.1 Å². The fourth-order valence-electron chi connectivity index (χ4n) is 17.8. The van der Waals surface area contributed by atoms with Crippen molar-refractivity contribution in [3.05, 3.63) is 256 Å². The summed E-state index contributed by atoms with van der Waals surface area (Å²) in [6.45, 7) is 51.9. The largest absolute Gasteiger partial charge is 0.514 e. The molecule has 0 spiro atoms. The summed E-state index contributed by atoms with van der Waals surface area (Å²) in [6, 6.07) is 60.8. The number of nitrogens with one attached hydrogen (secondary N) is 1. The van der Waals surface area contributed by atoms with Gasteiger partial charge in [-0.2, -0.15) is 20.4 Å². The van der Waals surface area contributed by atoms with Crippen LogP contribution in [0.2, 0.25) is 0 Å². The Bertz CT molecular complexity index is 7220. The number of thiazole rings is 4. The van der Waals surface area contributed by atoms with E-state index in [1.54, 1.807) is 75.9 Å². The average Bonchev–Trinajstić information content (AvgIpc) is 1.60. The van der Waals surface area contributed by atoms with Gasteiger partial charge in [-0.1, -0.05) is 191 Å². The first kappa shape index (κ1) is 106. The Balaban J connectivity index is 0.000000126. The van der Waals surface area contributed by atoms with Gasteiger partial charge in [-0.25, -0.2) is 34.0 Å². The van der Waals surface area contributed by atoms with Crippen LogP contribution in [0.5, 0.6) is 17.2 Å². The third kappa shape index (κ3) is 24.1. The molecule has 0 aliphatic carbocycles. The molecule has 0 bridgehead atoms. The van der Waals surface area contributed by atoms with E-state index >= 15 is 0 Å². The number of benzene rings is 9. The summed E-state index contributed by atoms with van der Waals surface area (Å²) in [7, 11) is -0.381. The van der Waals surface area contributed by atoms with Crippen molar-refractivity contribution in [2.24, 2.45) is 0 Å². The lowest BCUT2D eigenvalue weighted by Gasteiger charge is -2.32. The van der Waals surface area contributed by atoms with Gasteiger partial charge < -0.3 is 44.6 Å². The molecule has 4 aliphatic rings. The van der Waals surface area contributed by atoms with E-state index in [2.05, 4.69) is 274 Å². The van der Waals surface area contributed by atoms with Gasteiger partial charge >= 0.3 is 7.12 Å². The lowest BCUT2D eigenvalue weighted by Crippen LogP contribution is -2.42. The molecular weight excluding hydrogens is 1950 g/mol. The number of phenolic OH excluding ortho intramolecular Hbond substituents is 3. The van der Waals surface area contributed by atoms with Crippen LogP contribution in [0.1, 0.15) is 278 Å². The standard InChI is InChI=1S/C26H29N3OS.C25H27N3O2S.C20H20N4S.C17H16BrNOS.C15H22O2.C14H23BN2O3/c1-17-9-5-6-10-19(17)25-28-24-20(15-18(26(2,3)4)16-22(24)31-25)21-12-13-27-29(21)23-11-7-8-14-30-23;1-25(2,3)16-14-18(19-11-12-26-28(19)22-10-6-7-13-30-22)23-21(15-16)31-24(27-23)17-8-4-5-9-20(17)29;1-20(2,3)12-10-14(16-8-9-22-24-16)18-17(11-12)25-19(23-18)13-6-4-5-7-15(13)21;1-17(2,3)10-8-12(18)15-14(9-10)21-16(19-15)11-6-4-5-7-13(11)20;1-14(2,3)11-7-10(9-16)13(17)12(8-11)15(4,5)6;1-13(2)14(3,4)20-15(19-13)11-8-9-16-17(11)12-7-5-6-10-18-12/h5-6,9-10,12-13,15-16,23H,7-8,11,14H2,1-4H3;4-5,8-9,11-12,14-15,22,29H,6-7,10,13H2,1-3H3;4-11H,21H2,1-3H3,(H,22,24);4-9,20H,1-3H3;7-9,17H,1-6H3;8-9,12H,5-7,10H2,1-4H3. The zero-order chi connectivity index (χ0) is 104. The van der Waals surface area contributed by atoms with Crippen molar-refractivity contribution >= 4 is 127 Å². The van der Waals surface area contributed by atoms with Gasteiger partial charge in [0.05, 0.1) is 91.4 Å². The van der Waals surface area contributed by atoms with Crippen LogP contribution < -0.4 is 11.3 Å². The summed E-state index contributed by atoms with van der Waals surface area (Å²) in [5, 5.41) is 55.0. The molecular formula is C117H137BBrN13O9S4. The maximum atomic E-state index is 11.0. The SMILES string of the molecule is CC(C)(C)c1cc(-c2ccn[nH]2)c2nc(-c3ccccc3N)sc2c1.CC(C)(C)c1cc(-c2ccnn2C2CCCCO2)c2nc(-c3ccccc3O)sc2c1.CC(C)(C)c1cc(Br)c2nc(-c3ccccc3O)sc2c1.CC(C)(C)c1cc(C=O)c(O)c(C(C)(C)C)c1.CC1(C)OB(c2ccnn2C2CCCCO2)OC1(C)C.Cc1ccccc1-c1nc2c(-c3ccnn3C3CCCCO3)cc(C(C)(C)C)cc2s1. The second-order valence-corrected chi connectivity index (χ2v) is 50.0. The van der Waals surface area contributed by atoms with Crippen molar-refractivity contribution < 1.29 is 43.6 Å². The highest BCUT2D eigenvalue weighted by Crippen LogP contribution is 2.49. The lowest BCUT2D eigenvalue weighted by atomic mass is 9.79. The molecule has 17 aromatic rings. The molecule has 0 amide bonds. The first-order valence-electron chi connectivity index (χ1n) is 50.2. The number of nitrogens with zero attached hydrogens (tertiary/aromatic N) is 11. The number of aromatic hydroxyl groups is 3. The number of aromatic amines is 1. The van der Waals surface area contributed by atoms with Gasteiger partial charge in [-0.15, -0.1) is 45.3 Å². The molecule has 22 nitrogen and oxygen atoms in total. The van der Waals surface area contributed by atoms with Crippen LogP contribution in [-0.4, -0.2) is 119 Å². The Labute approximate surface area is 877 Å². The normalized spacial score (nSPS) is 16.7. The van der Waals surface area contributed by atoms with Gasteiger partial charge in [0.25, 0.3) is 0 Å². The fraction of sp³-hybridized carbons (Fsp3) is 0.393. The molecule has 145 heavy (non-hydrogen) atoms. The van der Waals surface area contributed by atoms with Crippen molar-refractivity contribution in [2.45, 2.75) is 279 Å². The molecule has 8 aromatic heterocycles. The molecule has 9 aromatic carbocycles. The molecule has 21 rings (SSSR count). The summed E-state index contributed by atoms with van der Waals surface area (Å²) in [6.07, 6.45) is 17.8. The van der Waals surface area contributed by atoms with Crippen molar-refractivity contribution in [3.8, 4) is 93.3 Å². The average molecular weight is 2090 g/mol. The Morgan fingerprint density at radius 3 is 1.20 bits per heavy atom. The number of rotatable bonds is 12. The number of anilines is 1. The summed E-state index contributed by atoms with van der Waals surface area (Å²) < 4.78 is 41.7. The Morgan fingerprint density at radius 2 is 0.786 bits per heavy atom. The van der Waals surface area contributed by atoms with Crippen LogP contribution in [0, 0.1) is 6.92 Å². The number of halogens is 1. The monoisotopic (exact) mass is 2090 g/mol. The number of nitrogens with two attached hydrogens (primary N) is 1. The number of aldehydes is 1. The number of hydrogen-bond donors (Lipinski definition) is 5. The zero-order valence-corrected chi connectivity index (χ0v) is 92.7. The molecule has 3 unspecified atom stereocenters. The van der Waals surface area contributed by atoms with Crippen molar-refractivity contribution in [3.63, 3.8) is 0 Å². The minimum Gasteiger partial charge on any atom is -0.507 e. The maximum Gasteiger partial charge on any atom is 0.514 e. The third-order valence-electron chi connectivity index (χ3n) is 27.3. The van der Waals surface area contributed by atoms with Crippen LogP contribution in [0.25, 0.3) is 117 Å². The number of nitrogen functional groups attached to an aromatic ring is 1. The van der Waals surface area contributed by atoms with Crippen LogP contribution in [0.4, 0.5) is 5.69 Å². The first-order valence-corrected chi connectivity index (χ1v) is 54.2. The summed E-state index contributed by atoms with van der Waals surface area (Å²) in [4.78, 5) is 30.7. The molecule has 0 saturated carbocycles. The number of fused-ring (bicyclic) bond motifs is 4. The van der Waals surface area contributed by atoms with E-state index in [0.717, 1.165) is 205 Å². The summed E-state index contributed by atoms with van der Waals surface area (Å²) >= 11 is 10.3. The highest BCUT2D eigenvalue weighted by Gasteiger charge is 2.53. The molecule has 4 aliphatic heterocycles. The maximum absolute atomic E-state index is 11.0. The number of aryl methyl sites for hydroxylation is 1. The highest BCUT2D eigenvalue weighted by molar-refractivity contribution is 9.10. The van der Waals surface area contributed by atoms with E-state index in [9.17, 15) is 20.1 Å². The molecule has 3 atom stereocenters. The van der Waals surface area contributed by atoms with E-state index in [1.807, 2.05) is 121 Å². The van der Waals surface area contributed by atoms with E-state index in [-0.39, 0.29) is 86.7 Å². The van der Waals surface area contributed by atoms with Gasteiger partial charge in [0.2, 0.25) is 0 Å². The quantitative estimate of drug-likeness (QED) is 0.0432.